The lowest BCUT2D eigenvalue weighted by Crippen LogP contribution is -2.08. The molecular formula is C53H36F3N3. The number of fused-ring (bicyclic) bond motifs is 6. The molecule has 0 atom stereocenters. The molecule has 2 aromatic heterocycles. The predicted molar refractivity (Wildman–Crippen MR) is 235 cm³/mol. The molecule has 0 N–H and O–H groups in total. The van der Waals surface area contributed by atoms with Gasteiger partial charge in [0.1, 0.15) is 0 Å². The fourth-order valence-electron chi connectivity index (χ4n) is 9.01. The van der Waals surface area contributed by atoms with Crippen LogP contribution in [0.1, 0.15) is 27.8 Å². The molecule has 2 heterocycles. The third-order valence-corrected chi connectivity index (χ3v) is 11.8. The summed E-state index contributed by atoms with van der Waals surface area (Å²) in [7, 11) is 0. The van der Waals surface area contributed by atoms with Gasteiger partial charge in [0.25, 0.3) is 0 Å². The lowest BCUT2D eigenvalue weighted by molar-refractivity contribution is -0.137. The molecule has 0 amide bonds. The Balaban J connectivity index is 1.38. The standard InChI is InChI=1S/C53H36F3N3/c1-32-12-4-6-14-39(32)36-20-23-44-42-16-8-10-18-46(42)58(48(44)29-36)50-27-35(31-57)28-51(52(50)41-25-22-38(26-34(41)3)53(54,55)56)59-47-19-11-9-17-43(47)45-24-21-37(30-49(45)59)40-15-7-5-13-33(40)2/h4-30H,1-3H3. The van der Waals surface area contributed by atoms with Gasteiger partial charge in [-0.15, -0.1) is 0 Å². The SMILES string of the molecule is Cc1ccccc1-c1ccc2c3ccccc3n(-c3cc(C#N)cc(-n4c5ccccc5c5ccc(-c6ccccc6C)cc54)c3-c3ccc(C(F)(F)F)cc3C)c2c1. The van der Waals surface area contributed by atoms with Gasteiger partial charge in [0, 0.05) is 27.1 Å². The largest absolute Gasteiger partial charge is 0.416 e. The number of hydrogen-bond donors (Lipinski definition) is 0. The molecule has 0 unspecified atom stereocenters. The Morgan fingerprint density at radius 3 is 1.36 bits per heavy atom. The minimum Gasteiger partial charge on any atom is -0.308 e. The van der Waals surface area contributed by atoms with Gasteiger partial charge in [-0.1, -0.05) is 115 Å². The molecule has 10 rings (SSSR count). The van der Waals surface area contributed by atoms with Crippen molar-refractivity contribution in [2.45, 2.75) is 26.9 Å². The van der Waals surface area contributed by atoms with Crippen molar-refractivity contribution in [1.29, 1.82) is 5.26 Å². The van der Waals surface area contributed by atoms with Crippen LogP contribution in [0, 0.1) is 32.1 Å². The molecule has 284 valence electrons. The van der Waals surface area contributed by atoms with Crippen molar-refractivity contribution >= 4 is 43.6 Å². The Hall–Kier alpha value is -7.36. The molecule has 3 nitrogen and oxygen atoms in total. The number of halogens is 3. The molecule has 0 radical (unpaired) electrons. The smallest absolute Gasteiger partial charge is 0.308 e. The van der Waals surface area contributed by atoms with Gasteiger partial charge >= 0.3 is 6.18 Å². The molecule has 0 saturated carbocycles. The van der Waals surface area contributed by atoms with E-state index in [4.69, 9.17) is 0 Å². The van der Waals surface area contributed by atoms with Crippen molar-refractivity contribution < 1.29 is 13.2 Å². The van der Waals surface area contributed by atoms with Crippen LogP contribution in [-0.4, -0.2) is 9.13 Å². The second kappa shape index (κ2) is 13.6. The van der Waals surface area contributed by atoms with Gasteiger partial charge in [0.2, 0.25) is 0 Å². The molecule has 59 heavy (non-hydrogen) atoms. The van der Waals surface area contributed by atoms with Gasteiger partial charge in [-0.3, -0.25) is 0 Å². The van der Waals surface area contributed by atoms with Crippen molar-refractivity contribution in [2.24, 2.45) is 0 Å². The number of para-hydroxylation sites is 2. The number of nitriles is 1. The molecule has 0 fully saturated rings. The highest BCUT2D eigenvalue weighted by molar-refractivity contribution is 6.13. The van der Waals surface area contributed by atoms with E-state index in [2.05, 4.69) is 114 Å². The number of aryl methyl sites for hydroxylation is 3. The van der Waals surface area contributed by atoms with Crippen molar-refractivity contribution in [3.05, 3.63) is 192 Å². The first-order chi connectivity index (χ1) is 28.6. The number of benzene rings is 8. The highest BCUT2D eigenvalue weighted by Gasteiger charge is 2.32. The molecule has 0 saturated heterocycles. The van der Waals surface area contributed by atoms with E-state index in [1.807, 2.05) is 60.7 Å². The monoisotopic (exact) mass is 771 g/mol. The summed E-state index contributed by atoms with van der Waals surface area (Å²) >= 11 is 0. The Morgan fingerprint density at radius 2 is 0.898 bits per heavy atom. The van der Waals surface area contributed by atoms with Crippen molar-refractivity contribution in [3.63, 3.8) is 0 Å². The summed E-state index contributed by atoms with van der Waals surface area (Å²) in [6, 6.07) is 56.1. The normalized spacial score (nSPS) is 11.9. The maximum atomic E-state index is 14.3. The summed E-state index contributed by atoms with van der Waals surface area (Å²) in [5, 5.41) is 14.9. The molecule has 0 spiro atoms. The second-order valence-corrected chi connectivity index (χ2v) is 15.3. The highest BCUT2D eigenvalue weighted by Crippen LogP contribution is 2.45. The van der Waals surface area contributed by atoms with Gasteiger partial charge in [-0.25, -0.2) is 0 Å². The first kappa shape index (κ1) is 36.0. The van der Waals surface area contributed by atoms with Crippen LogP contribution in [0.3, 0.4) is 0 Å². The van der Waals surface area contributed by atoms with E-state index in [0.717, 1.165) is 77.0 Å². The summed E-state index contributed by atoms with van der Waals surface area (Å²) in [4.78, 5) is 0. The van der Waals surface area contributed by atoms with Crippen LogP contribution in [0.15, 0.2) is 164 Å². The molecule has 10 aromatic rings. The summed E-state index contributed by atoms with van der Waals surface area (Å²) in [6.07, 6.45) is -4.52. The van der Waals surface area contributed by atoms with Crippen LogP contribution < -0.4 is 0 Å². The van der Waals surface area contributed by atoms with Gasteiger partial charge < -0.3 is 9.13 Å². The maximum Gasteiger partial charge on any atom is 0.416 e. The average molecular weight is 772 g/mol. The Morgan fingerprint density at radius 1 is 0.441 bits per heavy atom. The number of alkyl halides is 3. The third-order valence-electron chi connectivity index (χ3n) is 11.8. The molecule has 0 aliphatic carbocycles. The molecular weight excluding hydrogens is 736 g/mol. The molecule has 0 bridgehead atoms. The van der Waals surface area contributed by atoms with Crippen molar-refractivity contribution in [3.8, 4) is 50.8 Å². The predicted octanol–water partition coefficient (Wildman–Crippen LogP) is 14.7. The molecule has 6 heteroatoms. The number of rotatable bonds is 5. The minimum atomic E-state index is -4.52. The van der Waals surface area contributed by atoms with E-state index in [1.54, 1.807) is 13.0 Å². The fraction of sp³-hybridized carbons (Fsp3) is 0.0755. The first-order valence-corrected chi connectivity index (χ1v) is 19.6. The zero-order chi connectivity index (χ0) is 40.6. The van der Waals surface area contributed by atoms with Gasteiger partial charge in [-0.2, -0.15) is 18.4 Å². The Labute approximate surface area is 339 Å². The minimum absolute atomic E-state index is 0.422. The first-order valence-electron chi connectivity index (χ1n) is 19.6. The molecule has 0 aliphatic rings. The van der Waals surface area contributed by atoms with E-state index >= 15 is 0 Å². The van der Waals surface area contributed by atoms with Crippen LogP contribution in [-0.2, 0) is 6.18 Å². The lowest BCUT2D eigenvalue weighted by atomic mass is 9.93. The van der Waals surface area contributed by atoms with Crippen molar-refractivity contribution in [1.82, 2.24) is 9.13 Å². The topological polar surface area (TPSA) is 33.6 Å². The van der Waals surface area contributed by atoms with E-state index in [-0.39, 0.29) is 0 Å². The Kier molecular flexibility index (Phi) is 8.33. The Bertz CT molecular complexity index is 3190. The van der Waals surface area contributed by atoms with Crippen molar-refractivity contribution in [2.75, 3.05) is 0 Å². The summed E-state index contributed by atoms with van der Waals surface area (Å²) < 4.78 is 47.2. The average Bonchev–Trinajstić information content (AvgIpc) is 3.75. The second-order valence-electron chi connectivity index (χ2n) is 15.3. The van der Waals surface area contributed by atoms with Crippen LogP contribution in [0.4, 0.5) is 13.2 Å². The van der Waals surface area contributed by atoms with Gasteiger partial charge in [-0.05, 0) is 114 Å². The summed E-state index contributed by atoms with van der Waals surface area (Å²) in [6.45, 7) is 5.93. The van der Waals surface area contributed by atoms with Gasteiger partial charge in [0.15, 0.2) is 0 Å². The van der Waals surface area contributed by atoms with Crippen LogP contribution in [0.5, 0.6) is 0 Å². The third kappa shape index (κ3) is 5.81. The fourth-order valence-corrected chi connectivity index (χ4v) is 9.01. The van der Waals surface area contributed by atoms with E-state index in [0.29, 0.717) is 33.6 Å². The zero-order valence-electron chi connectivity index (χ0n) is 32.6. The zero-order valence-corrected chi connectivity index (χ0v) is 32.6. The highest BCUT2D eigenvalue weighted by atomic mass is 19.4. The quantitative estimate of drug-likeness (QED) is 0.172. The summed E-state index contributed by atoms with van der Waals surface area (Å²) in [5.74, 6) is 0. The van der Waals surface area contributed by atoms with Crippen LogP contribution in [0.25, 0.3) is 88.4 Å². The number of hydrogen-bond acceptors (Lipinski definition) is 1. The van der Waals surface area contributed by atoms with Crippen LogP contribution >= 0.6 is 0 Å². The number of nitrogens with zero attached hydrogens (tertiary/aromatic N) is 3. The van der Waals surface area contributed by atoms with E-state index < -0.39 is 11.7 Å². The molecule has 8 aromatic carbocycles. The molecule has 0 aliphatic heterocycles. The maximum absolute atomic E-state index is 14.3. The van der Waals surface area contributed by atoms with E-state index in [9.17, 15) is 18.4 Å². The van der Waals surface area contributed by atoms with E-state index in [1.165, 1.54) is 12.1 Å². The van der Waals surface area contributed by atoms with Crippen LogP contribution in [0.2, 0.25) is 0 Å². The number of aromatic nitrogens is 2. The summed E-state index contributed by atoms with van der Waals surface area (Å²) in [5.41, 5.74) is 13.1. The lowest BCUT2D eigenvalue weighted by Gasteiger charge is -2.22. The van der Waals surface area contributed by atoms with Gasteiger partial charge in [0.05, 0.1) is 50.6 Å².